The van der Waals surface area contributed by atoms with Crippen LogP contribution in [0.5, 0.6) is 11.5 Å². The predicted molar refractivity (Wildman–Crippen MR) is 100 cm³/mol. The van der Waals surface area contributed by atoms with E-state index in [9.17, 15) is 4.79 Å². The number of benzene rings is 2. The molecular formula is C21H27NO3. The molecular weight excluding hydrogens is 314 g/mol. The normalized spacial score (nSPS) is 11.9. The molecule has 1 amide bonds. The van der Waals surface area contributed by atoms with Gasteiger partial charge in [-0.15, -0.1) is 0 Å². The Morgan fingerprint density at radius 3 is 2.32 bits per heavy atom. The van der Waals surface area contributed by atoms with E-state index in [2.05, 4.69) is 19.2 Å². The van der Waals surface area contributed by atoms with Crippen molar-refractivity contribution in [3.63, 3.8) is 0 Å². The standard InChI is InChI=1S/C21H27NO3/c1-15(2)18-10-6-8-12-20(18)25-17(4)21(23)22-13-14-24-19-11-7-5-9-16(19)3/h5-12,15,17H,13-14H2,1-4H3,(H,22,23)/t17-/m0/s1. The van der Waals surface area contributed by atoms with E-state index < -0.39 is 6.10 Å². The lowest BCUT2D eigenvalue weighted by Crippen LogP contribution is -2.38. The molecule has 4 nitrogen and oxygen atoms in total. The minimum absolute atomic E-state index is 0.146. The second-order valence-corrected chi connectivity index (χ2v) is 6.36. The van der Waals surface area contributed by atoms with Crippen LogP contribution in [0.15, 0.2) is 48.5 Å². The van der Waals surface area contributed by atoms with E-state index in [1.807, 2.05) is 55.5 Å². The summed E-state index contributed by atoms with van der Waals surface area (Å²) in [5, 5.41) is 2.85. The minimum Gasteiger partial charge on any atom is -0.491 e. The maximum Gasteiger partial charge on any atom is 0.260 e. The third-order valence-electron chi connectivity index (χ3n) is 3.97. The fourth-order valence-electron chi connectivity index (χ4n) is 2.51. The summed E-state index contributed by atoms with van der Waals surface area (Å²) in [5.74, 6) is 1.80. The number of hydrogen-bond acceptors (Lipinski definition) is 3. The Morgan fingerprint density at radius 1 is 1.00 bits per heavy atom. The van der Waals surface area contributed by atoms with Gasteiger partial charge < -0.3 is 14.8 Å². The Hall–Kier alpha value is -2.49. The molecule has 134 valence electrons. The Labute approximate surface area is 150 Å². The smallest absolute Gasteiger partial charge is 0.260 e. The number of nitrogens with one attached hydrogen (secondary N) is 1. The van der Waals surface area contributed by atoms with Gasteiger partial charge in [0.15, 0.2) is 6.10 Å². The van der Waals surface area contributed by atoms with Crippen LogP contribution in [0.2, 0.25) is 0 Å². The minimum atomic E-state index is -0.557. The van der Waals surface area contributed by atoms with Gasteiger partial charge in [-0.05, 0) is 43.0 Å². The topological polar surface area (TPSA) is 47.6 Å². The van der Waals surface area contributed by atoms with Crippen LogP contribution >= 0.6 is 0 Å². The summed E-state index contributed by atoms with van der Waals surface area (Å²) in [5.41, 5.74) is 2.18. The van der Waals surface area contributed by atoms with Gasteiger partial charge in [0.05, 0.1) is 6.54 Å². The zero-order valence-corrected chi connectivity index (χ0v) is 15.4. The zero-order chi connectivity index (χ0) is 18.2. The maximum absolute atomic E-state index is 12.2. The first-order valence-electron chi connectivity index (χ1n) is 8.70. The quantitative estimate of drug-likeness (QED) is 0.736. The van der Waals surface area contributed by atoms with Gasteiger partial charge in [0, 0.05) is 0 Å². The summed E-state index contributed by atoms with van der Waals surface area (Å²) in [6.45, 7) is 8.83. The van der Waals surface area contributed by atoms with Crippen LogP contribution in [-0.2, 0) is 4.79 Å². The Bertz CT molecular complexity index is 697. The summed E-state index contributed by atoms with van der Waals surface area (Å²) in [7, 11) is 0. The molecule has 1 atom stereocenters. The van der Waals surface area contributed by atoms with Gasteiger partial charge in [-0.1, -0.05) is 50.2 Å². The van der Waals surface area contributed by atoms with Crippen LogP contribution < -0.4 is 14.8 Å². The second kappa shape index (κ2) is 9.11. The number of carbonyl (C=O) groups is 1. The molecule has 0 saturated carbocycles. The predicted octanol–water partition coefficient (Wildman–Crippen LogP) is 4.08. The highest BCUT2D eigenvalue weighted by Crippen LogP contribution is 2.26. The van der Waals surface area contributed by atoms with E-state index in [4.69, 9.17) is 9.47 Å². The lowest BCUT2D eigenvalue weighted by atomic mass is 10.0. The molecule has 0 bridgehead atoms. The van der Waals surface area contributed by atoms with Crippen molar-refractivity contribution in [2.75, 3.05) is 13.2 Å². The number of aryl methyl sites for hydroxylation is 1. The molecule has 0 aliphatic carbocycles. The molecule has 0 heterocycles. The number of rotatable bonds is 8. The van der Waals surface area contributed by atoms with Gasteiger partial charge >= 0.3 is 0 Å². The lowest BCUT2D eigenvalue weighted by Gasteiger charge is -2.18. The first-order chi connectivity index (χ1) is 12.0. The van der Waals surface area contributed by atoms with Crippen LogP contribution in [0.3, 0.4) is 0 Å². The van der Waals surface area contributed by atoms with Crippen molar-refractivity contribution in [3.05, 3.63) is 59.7 Å². The van der Waals surface area contributed by atoms with Gasteiger partial charge in [0.2, 0.25) is 0 Å². The molecule has 25 heavy (non-hydrogen) atoms. The van der Waals surface area contributed by atoms with Gasteiger partial charge in [0.25, 0.3) is 5.91 Å². The number of carbonyl (C=O) groups excluding carboxylic acids is 1. The zero-order valence-electron chi connectivity index (χ0n) is 15.4. The molecule has 0 aromatic heterocycles. The molecule has 0 saturated heterocycles. The second-order valence-electron chi connectivity index (χ2n) is 6.36. The summed E-state index contributed by atoms with van der Waals surface area (Å²) in [4.78, 5) is 12.2. The lowest BCUT2D eigenvalue weighted by molar-refractivity contribution is -0.127. The monoisotopic (exact) mass is 341 g/mol. The molecule has 0 aliphatic rings. The van der Waals surface area contributed by atoms with E-state index in [0.717, 1.165) is 22.6 Å². The van der Waals surface area contributed by atoms with Crippen molar-refractivity contribution in [2.24, 2.45) is 0 Å². The van der Waals surface area contributed by atoms with E-state index in [-0.39, 0.29) is 5.91 Å². The van der Waals surface area contributed by atoms with Crippen LogP contribution in [0, 0.1) is 6.92 Å². The van der Waals surface area contributed by atoms with Gasteiger partial charge in [-0.25, -0.2) is 0 Å². The highest BCUT2D eigenvalue weighted by atomic mass is 16.5. The number of amides is 1. The first-order valence-corrected chi connectivity index (χ1v) is 8.70. The van der Waals surface area contributed by atoms with Gasteiger partial charge in [0.1, 0.15) is 18.1 Å². The molecule has 0 fully saturated rings. The van der Waals surface area contributed by atoms with Crippen LogP contribution in [0.1, 0.15) is 37.8 Å². The van der Waals surface area contributed by atoms with Crippen LogP contribution in [0.25, 0.3) is 0 Å². The van der Waals surface area contributed by atoms with Gasteiger partial charge in [-0.2, -0.15) is 0 Å². The number of ether oxygens (including phenoxy) is 2. The fourth-order valence-corrected chi connectivity index (χ4v) is 2.51. The van der Waals surface area contributed by atoms with Crippen molar-refractivity contribution in [2.45, 2.75) is 39.7 Å². The van der Waals surface area contributed by atoms with Crippen molar-refractivity contribution in [1.82, 2.24) is 5.32 Å². The average molecular weight is 341 g/mol. The maximum atomic E-state index is 12.2. The highest BCUT2D eigenvalue weighted by molar-refractivity contribution is 5.80. The highest BCUT2D eigenvalue weighted by Gasteiger charge is 2.16. The van der Waals surface area contributed by atoms with Crippen LogP contribution in [0.4, 0.5) is 0 Å². The first kappa shape index (κ1) is 18.8. The van der Waals surface area contributed by atoms with Crippen molar-refractivity contribution in [3.8, 4) is 11.5 Å². The largest absolute Gasteiger partial charge is 0.491 e. The molecule has 2 aromatic rings. The Balaban J connectivity index is 1.80. The van der Waals surface area contributed by atoms with E-state index >= 15 is 0 Å². The molecule has 1 N–H and O–H groups in total. The van der Waals surface area contributed by atoms with E-state index in [1.165, 1.54) is 0 Å². The molecule has 0 spiro atoms. The van der Waals surface area contributed by atoms with Crippen molar-refractivity contribution in [1.29, 1.82) is 0 Å². The summed E-state index contributed by atoms with van der Waals surface area (Å²) >= 11 is 0. The van der Waals surface area contributed by atoms with Crippen LogP contribution in [-0.4, -0.2) is 25.2 Å². The average Bonchev–Trinajstić information content (AvgIpc) is 2.60. The van der Waals surface area contributed by atoms with Crippen molar-refractivity contribution >= 4 is 5.91 Å². The molecule has 0 aliphatic heterocycles. The van der Waals surface area contributed by atoms with Gasteiger partial charge in [-0.3, -0.25) is 4.79 Å². The fraction of sp³-hybridized carbons (Fsp3) is 0.381. The summed E-state index contributed by atoms with van der Waals surface area (Å²) in [6.07, 6.45) is -0.557. The molecule has 0 unspecified atom stereocenters. The molecule has 2 rings (SSSR count). The Kier molecular flexibility index (Phi) is 6.87. The molecule has 0 radical (unpaired) electrons. The summed E-state index contributed by atoms with van der Waals surface area (Å²) in [6, 6.07) is 15.7. The Morgan fingerprint density at radius 2 is 1.64 bits per heavy atom. The van der Waals surface area contributed by atoms with E-state index in [0.29, 0.717) is 19.1 Å². The third kappa shape index (κ3) is 5.52. The SMILES string of the molecule is Cc1ccccc1OCCNC(=O)[C@H](C)Oc1ccccc1C(C)C. The third-order valence-corrected chi connectivity index (χ3v) is 3.97. The number of hydrogen-bond donors (Lipinski definition) is 1. The molecule has 4 heteroatoms. The summed E-state index contributed by atoms with van der Waals surface area (Å²) < 4.78 is 11.5. The van der Waals surface area contributed by atoms with E-state index in [1.54, 1.807) is 6.92 Å². The molecule has 2 aromatic carbocycles. The number of para-hydroxylation sites is 2. The van der Waals surface area contributed by atoms with Crippen molar-refractivity contribution < 1.29 is 14.3 Å².